The van der Waals surface area contributed by atoms with Gasteiger partial charge in [0.25, 0.3) is 0 Å². The summed E-state index contributed by atoms with van der Waals surface area (Å²) < 4.78 is 0. The number of hydrogen-bond donors (Lipinski definition) is 0. The van der Waals surface area contributed by atoms with Crippen LogP contribution in [0.1, 0.15) is 49.1 Å². The van der Waals surface area contributed by atoms with Crippen LogP contribution in [0.3, 0.4) is 0 Å². The van der Waals surface area contributed by atoms with Crippen molar-refractivity contribution < 1.29 is 4.79 Å². The van der Waals surface area contributed by atoms with E-state index in [0.717, 1.165) is 45.4 Å². The van der Waals surface area contributed by atoms with Gasteiger partial charge in [-0.1, -0.05) is 18.9 Å². The van der Waals surface area contributed by atoms with Crippen LogP contribution in [0, 0.1) is 11.8 Å². The molecule has 3 aliphatic rings. The first kappa shape index (κ1) is 18.3. The SMILES string of the molecule is O=C(C1CCCC1)N1C[C@@H](c2ccsc2)[C@@H]2CN(Cc3cccnc3)CC[C@@H]21. The molecule has 1 amide bonds. The van der Waals surface area contributed by atoms with Gasteiger partial charge in [-0.3, -0.25) is 14.7 Å². The maximum atomic E-state index is 13.3. The molecule has 0 N–H and O–H groups in total. The van der Waals surface area contributed by atoms with Crippen molar-refractivity contribution in [2.24, 2.45) is 11.8 Å². The van der Waals surface area contributed by atoms with Crippen molar-refractivity contribution in [3.63, 3.8) is 0 Å². The quantitative estimate of drug-likeness (QED) is 0.780. The van der Waals surface area contributed by atoms with Gasteiger partial charge in [0.1, 0.15) is 0 Å². The fraction of sp³-hybridized carbons (Fsp3) is 0.565. The largest absolute Gasteiger partial charge is 0.338 e. The van der Waals surface area contributed by atoms with Gasteiger partial charge >= 0.3 is 0 Å². The van der Waals surface area contributed by atoms with E-state index in [0.29, 0.717) is 23.8 Å². The second-order valence-electron chi connectivity index (χ2n) is 8.75. The molecule has 2 aromatic rings. The summed E-state index contributed by atoms with van der Waals surface area (Å²) in [5.41, 5.74) is 2.72. The molecule has 2 aromatic heterocycles. The Labute approximate surface area is 171 Å². The number of fused-ring (bicyclic) bond motifs is 1. The summed E-state index contributed by atoms with van der Waals surface area (Å²) in [6.07, 6.45) is 9.57. The second kappa shape index (κ2) is 7.96. The lowest BCUT2D eigenvalue weighted by Crippen LogP contribution is -2.48. The highest BCUT2D eigenvalue weighted by molar-refractivity contribution is 7.08. The van der Waals surface area contributed by atoms with Gasteiger partial charge in [-0.2, -0.15) is 11.3 Å². The average Bonchev–Trinajstić information content (AvgIpc) is 3.48. The van der Waals surface area contributed by atoms with Gasteiger partial charge in [-0.05, 0) is 53.3 Å². The predicted octanol–water partition coefficient (Wildman–Crippen LogP) is 4.15. The number of carbonyl (C=O) groups is 1. The molecule has 2 saturated heterocycles. The molecule has 1 saturated carbocycles. The number of hydrogen-bond acceptors (Lipinski definition) is 4. The Morgan fingerprint density at radius 2 is 2.07 bits per heavy atom. The molecule has 28 heavy (non-hydrogen) atoms. The lowest BCUT2D eigenvalue weighted by Gasteiger charge is -2.39. The number of carbonyl (C=O) groups excluding carboxylic acids is 1. The Balaban J connectivity index is 1.35. The van der Waals surface area contributed by atoms with Crippen LogP contribution >= 0.6 is 11.3 Å². The molecule has 0 aromatic carbocycles. The standard InChI is InChI=1S/C23H29N3OS/c27-23(18-5-1-2-6-18)26-15-20(19-8-11-28-16-19)21-14-25(10-7-22(21)26)13-17-4-3-9-24-12-17/h3-4,8-9,11-12,16,18,20-22H,1-2,5-7,10,13-15H2/t20-,21-,22-/m0/s1. The molecule has 2 aliphatic heterocycles. The summed E-state index contributed by atoms with van der Waals surface area (Å²) in [7, 11) is 0. The summed E-state index contributed by atoms with van der Waals surface area (Å²) in [5, 5.41) is 4.48. The van der Waals surface area contributed by atoms with Crippen molar-refractivity contribution in [2.75, 3.05) is 19.6 Å². The minimum Gasteiger partial charge on any atom is -0.338 e. The van der Waals surface area contributed by atoms with Crippen LogP contribution in [0.5, 0.6) is 0 Å². The molecule has 1 aliphatic carbocycles. The van der Waals surface area contributed by atoms with Crippen molar-refractivity contribution >= 4 is 17.2 Å². The molecular formula is C23H29N3OS. The van der Waals surface area contributed by atoms with Crippen molar-refractivity contribution in [1.29, 1.82) is 0 Å². The fourth-order valence-corrected chi connectivity index (χ4v) is 6.42. The summed E-state index contributed by atoms with van der Waals surface area (Å²) in [5.74, 6) is 1.77. The topological polar surface area (TPSA) is 36.4 Å². The first-order valence-corrected chi connectivity index (χ1v) is 11.7. The highest BCUT2D eigenvalue weighted by Gasteiger charge is 2.48. The number of piperidine rings is 1. The number of pyridine rings is 1. The number of thiophene rings is 1. The lowest BCUT2D eigenvalue weighted by molar-refractivity contribution is -0.137. The Kier molecular flexibility index (Phi) is 5.20. The van der Waals surface area contributed by atoms with E-state index < -0.39 is 0 Å². The van der Waals surface area contributed by atoms with Crippen molar-refractivity contribution in [1.82, 2.24) is 14.8 Å². The molecule has 4 heterocycles. The van der Waals surface area contributed by atoms with Crippen LogP contribution < -0.4 is 0 Å². The molecule has 5 rings (SSSR count). The van der Waals surface area contributed by atoms with Gasteiger partial charge in [0.15, 0.2) is 0 Å². The summed E-state index contributed by atoms with van der Waals surface area (Å²) in [6.45, 7) is 4.03. The van der Waals surface area contributed by atoms with Gasteiger partial charge in [-0.25, -0.2) is 0 Å². The zero-order valence-corrected chi connectivity index (χ0v) is 17.2. The second-order valence-corrected chi connectivity index (χ2v) is 9.53. The smallest absolute Gasteiger partial charge is 0.225 e. The first-order chi connectivity index (χ1) is 13.8. The third-order valence-corrected chi connectivity index (χ3v) is 7.80. The average molecular weight is 396 g/mol. The van der Waals surface area contributed by atoms with E-state index in [1.807, 2.05) is 18.5 Å². The highest BCUT2D eigenvalue weighted by atomic mass is 32.1. The fourth-order valence-electron chi connectivity index (χ4n) is 5.70. The van der Waals surface area contributed by atoms with Gasteiger partial charge in [0, 0.05) is 62.4 Å². The molecule has 3 fully saturated rings. The maximum absolute atomic E-state index is 13.3. The molecule has 0 spiro atoms. The minimum atomic E-state index is 0.287. The Bertz CT molecular complexity index is 787. The van der Waals surface area contributed by atoms with Crippen molar-refractivity contribution in [3.8, 4) is 0 Å². The number of aromatic nitrogens is 1. The van der Waals surface area contributed by atoms with E-state index in [9.17, 15) is 4.79 Å². The van der Waals surface area contributed by atoms with Crippen LogP contribution in [-0.4, -0.2) is 46.4 Å². The van der Waals surface area contributed by atoms with Crippen molar-refractivity contribution in [2.45, 2.75) is 50.6 Å². The minimum absolute atomic E-state index is 0.287. The van der Waals surface area contributed by atoms with Crippen LogP contribution in [0.4, 0.5) is 0 Å². The zero-order chi connectivity index (χ0) is 18.9. The summed E-state index contributed by atoms with van der Waals surface area (Å²) >= 11 is 1.78. The third-order valence-electron chi connectivity index (χ3n) is 7.10. The normalized spacial score (nSPS) is 28.6. The van der Waals surface area contributed by atoms with E-state index in [1.54, 1.807) is 11.3 Å². The Hall–Kier alpha value is -1.72. The number of rotatable bonds is 4. The number of likely N-dealkylation sites (tertiary alicyclic amines) is 2. The van der Waals surface area contributed by atoms with Gasteiger partial charge in [0.05, 0.1) is 0 Å². The van der Waals surface area contributed by atoms with Crippen LogP contribution in [0.25, 0.3) is 0 Å². The molecule has 0 radical (unpaired) electrons. The Morgan fingerprint density at radius 3 is 2.82 bits per heavy atom. The van der Waals surface area contributed by atoms with Gasteiger partial charge < -0.3 is 4.90 Å². The molecule has 0 unspecified atom stereocenters. The third kappa shape index (κ3) is 3.50. The van der Waals surface area contributed by atoms with E-state index in [-0.39, 0.29) is 5.92 Å². The van der Waals surface area contributed by atoms with Crippen LogP contribution in [0.2, 0.25) is 0 Å². The molecule has 3 atom stereocenters. The Morgan fingerprint density at radius 1 is 1.18 bits per heavy atom. The van der Waals surface area contributed by atoms with E-state index in [1.165, 1.54) is 24.0 Å². The first-order valence-electron chi connectivity index (χ1n) is 10.7. The van der Waals surface area contributed by atoms with Gasteiger partial charge in [-0.15, -0.1) is 0 Å². The van der Waals surface area contributed by atoms with Crippen LogP contribution in [-0.2, 0) is 11.3 Å². The monoisotopic (exact) mass is 395 g/mol. The van der Waals surface area contributed by atoms with E-state index in [4.69, 9.17) is 0 Å². The zero-order valence-electron chi connectivity index (χ0n) is 16.4. The van der Waals surface area contributed by atoms with E-state index >= 15 is 0 Å². The molecular weight excluding hydrogens is 366 g/mol. The highest BCUT2D eigenvalue weighted by Crippen LogP contribution is 2.43. The van der Waals surface area contributed by atoms with Gasteiger partial charge in [0.2, 0.25) is 5.91 Å². The molecule has 4 nitrogen and oxygen atoms in total. The summed E-state index contributed by atoms with van der Waals surface area (Å²) in [4.78, 5) is 22.4. The van der Waals surface area contributed by atoms with Crippen molar-refractivity contribution in [3.05, 3.63) is 52.5 Å². The van der Waals surface area contributed by atoms with Crippen LogP contribution in [0.15, 0.2) is 41.4 Å². The maximum Gasteiger partial charge on any atom is 0.225 e. The molecule has 5 heteroatoms. The van der Waals surface area contributed by atoms with E-state index in [2.05, 4.69) is 37.7 Å². The lowest BCUT2D eigenvalue weighted by atomic mass is 9.82. The molecule has 148 valence electrons. The number of amides is 1. The molecule has 0 bridgehead atoms. The number of nitrogens with zero attached hydrogens (tertiary/aromatic N) is 3. The summed E-state index contributed by atoms with van der Waals surface area (Å²) in [6, 6.07) is 6.88. The predicted molar refractivity (Wildman–Crippen MR) is 112 cm³/mol.